The number of urea groups is 1. The molecule has 1 saturated carbocycles. The molecule has 2 aliphatic carbocycles. The molecule has 0 bridgehead atoms. The summed E-state index contributed by atoms with van der Waals surface area (Å²) in [6.45, 7) is 7.08. The second kappa shape index (κ2) is 7.12. The van der Waals surface area contributed by atoms with Gasteiger partial charge in [0.25, 0.3) is 5.91 Å². The Morgan fingerprint density at radius 1 is 1.26 bits per heavy atom. The van der Waals surface area contributed by atoms with Gasteiger partial charge >= 0.3 is 6.03 Å². The molecule has 1 aromatic carbocycles. The Hall–Kier alpha value is -2.14. The first-order valence-corrected chi connectivity index (χ1v) is 10.1. The summed E-state index contributed by atoms with van der Waals surface area (Å²) in [6, 6.07) is 8.46. The van der Waals surface area contributed by atoms with E-state index < -0.39 is 5.54 Å². The number of amides is 3. The first kappa shape index (κ1) is 18.2. The largest absolute Gasteiger partial charge is 0.326 e. The maximum absolute atomic E-state index is 13.2. The Balaban J connectivity index is 1.53. The van der Waals surface area contributed by atoms with Crippen LogP contribution < -0.4 is 5.32 Å². The number of benzene rings is 1. The van der Waals surface area contributed by atoms with Gasteiger partial charge in [0.2, 0.25) is 0 Å². The van der Waals surface area contributed by atoms with E-state index in [9.17, 15) is 9.59 Å². The van der Waals surface area contributed by atoms with Crippen molar-refractivity contribution in [3.8, 4) is 0 Å². The van der Waals surface area contributed by atoms with Gasteiger partial charge in [-0.2, -0.15) is 0 Å². The SMILES string of the molecule is C=CCN(CN1C(=O)NC2(CCC(C)CC2)C1=O)[C@@H]1CCc2ccccc21. The fourth-order valence-corrected chi connectivity index (χ4v) is 4.94. The van der Waals surface area contributed by atoms with Crippen LogP contribution in [-0.2, 0) is 11.2 Å². The lowest BCUT2D eigenvalue weighted by Crippen LogP contribution is -2.50. The highest BCUT2D eigenvalue weighted by Gasteiger charge is 2.52. The van der Waals surface area contributed by atoms with Crippen LogP contribution in [0.1, 0.15) is 56.2 Å². The molecule has 3 amide bonds. The zero-order valence-electron chi connectivity index (χ0n) is 16.1. The summed E-state index contributed by atoms with van der Waals surface area (Å²) in [5, 5.41) is 3.03. The van der Waals surface area contributed by atoms with Crippen molar-refractivity contribution < 1.29 is 9.59 Å². The second-order valence-corrected chi connectivity index (χ2v) is 8.38. The fraction of sp³-hybridized carbons (Fsp3) is 0.545. The van der Waals surface area contributed by atoms with E-state index in [1.54, 1.807) is 0 Å². The molecule has 27 heavy (non-hydrogen) atoms. The normalized spacial score (nSPS) is 30.1. The molecular formula is C22H29N3O2. The van der Waals surface area contributed by atoms with E-state index in [0.717, 1.165) is 38.5 Å². The lowest BCUT2D eigenvalue weighted by atomic mass is 9.77. The Labute approximate surface area is 161 Å². The molecule has 5 heteroatoms. The van der Waals surface area contributed by atoms with Gasteiger partial charge in [-0.15, -0.1) is 6.58 Å². The minimum Gasteiger partial charge on any atom is -0.323 e. The number of aryl methyl sites for hydroxylation is 1. The van der Waals surface area contributed by atoms with E-state index in [-0.39, 0.29) is 18.0 Å². The number of carbonyl (C=O) groups excluding carboxylic acids is 2. The van der Waals surface area contributed by atoms with Crippen molar-refractivity contribution in [1.82, 2.24) is 15.1 Å². The number of fused-ring (bicyclic) bond motifs is 1. The molecule has 0 aromatic heterocycles. The van der Waals surface area contributed by atoms with Gasteiger partial charge in [0, 0.05) is 12.6 Å². The van der Waals surface area contributed by atoms with Gasteiger partial charge in [0.15, 0.2) is 0 Å². The van der Waals surface area contributed by atoms with E-state index in [4.69, 9.17) is 0 Å². The van der Waals surface area contributed by atoms with Crippen LogP contribution in [0, 0.1) is 5.92 Å². The molecule has 1 aromatic rings. The van der Waals surface area contributed by atoms with E-state index in [0.29, 0.717) is 19.1 Å². The summed E-state index contributed by atoms with van der Waals surface area (Å²) >= 11 is 0. The van der Waals surface area contributed by atoms with Gasteiger partial charge in [-0.05, 0) is 55.6 Å². The van der Waals surface area contributed by atoms with E-state index in [1.807, 2.05) is 6.08 Å². The Bertz CT molecular complexity index is 752. The van der Waals surface area contributed by atoms with Gasteiger partial charge in [-0.3, -0.25) is 9.69 Å². The number of nitrogens with one attached hydrogen (secondary N) is 1. The summed E-state index contributed by atoms with van der Waals surface area (Å²) in [4.78, 5) is 29.5. The third-order valence-electron chi connectivity index (χ3n) is 6.60. The molecule has 4 rings (SSSR count). The van der Waals surface area contributed by atoms with Crippen molar-refractivity contribution in [2.75, 3.05) is 13.2 Å². The highest BCUT2D eigenvalue weighted by atomic mass is 16.2. The topological polar surface area (TPSA) is 52.6 Å². The van der Waals surface area contributed by atoms with E-state index in [1.165, 1.54) is 16.0 Å². The monoisotopic (exact) mass is 367 g/mol. The predicted octanol–water partition coefficient (Wildman–Crippen LogP) is 3.62. The molecule has 1 heterocycles. The number of rotatable bonds is 5. The molecule has 0 unspecified atom stereocenters. The maximum Gasteiger partial charge on any atom is 0.326 e. The fourth-order valence-electron chi connectivity index (χ4n) is 4.94. The molecule has 2 fully saturated rings. The quantitative estimate of drug-likeness (QED) is 0.639. The molecule has 144 valence electrons. The van der Waals surface area contributed by atoms with Gasteiger partial charge < -0.3 is 5.32 Å². The smallest absolute Gasteiger partial charge is 0.323 e. The lowest BCUT2D eigenvalue weighted by molar-refractivity contribution is -0.134. The first-order chi connectivity index (χ1) is 13.0. The molecule has 1 spiro atoms. The average Bonchev–Trinajstić information content (AvgIpc) is 3.19. The maximum atomic E-state index is 13.2. The van der Waals surface area contributed by atoms with Crippen molar-refractivity contribution in [1.29, 1.82) is 0 Å². The van der Waals surface area contributed by atoms with Crippen LogP contribution in [0.2, 0.25) is 0 Å². The molecule has 5 nitrogen and oxygen atoms in total. The van der Waals surface area contributed by atoms with Gasteiger partial charge in [-0.1, -0.05) is 37.3 Å². The molecular weight excluding hydrogens is 338 g/mol. The van der Waals surface area contributed by atoms with Crippen molar-refractivity contribution in [3.63, 3.8) is 0 Å². The van der Waals surface area contributed by atoms with Crippen molar-refractivity contribution >= 4 is 11.9 Å². The molecule has 0 radical (unpaired) electrons. The molecule has 1 atom stereocenters. The Morgan fingerprint density at radius 3 is 2.74 bits per heavy atom. The zero-order chi connectivity index (χ0) is 19.0. The van der Waals surface area contributed by atoms with Crippen molar-refractivity contribution in [2.45, 2.75) is 57.0 Å². The molecule has 1 aliphatic heterocycles. The highest BCUT2D eigenvalue weighted by Crippen LogP contribution is 2.38. The molecule has 3 aliphatic rings. The van der Waals surface area contributed by atoms with E-state index >= 15 is 0 Å². The van der Waals surface area contributed by atoms with Crippen LogP contribution in [0.5, 0.6) is 0 Å². The second-order valence-electron chi connectivity index (χ2n) is 8.38. The number of hydrogen-bond acceptors (Lipinski definition) is 3. The minimum absolute atomic E-state index is 0.0419. The summed E-state index contributed by atoms with van der Waals surface area (Å²) in [6.07, 6.45) is 7.40. The Morgan fingerprint density at radius 2 is 2.00 bits per heavy atom. The minimum atomic E-state index is -0.670. The van der Waals surface area contributed by atoms with Crippen LogP contribution in [0.25, 0.3) is 0 Å². The van der Waals surface area contributed by atoms with Gasteiger partial charge in [0.05, 0.1) is 6.67 Å². The van der Waals surface area contributed by atoms with E-state index in [2.05, 4.69) is 48.0 Å². The van der Waals surface area contributed by atoms with Crippen LogP contribution in [0.3, 0.4) is 0 Å². The van der Waals surface area contributed by atoms with Crippen molar-refractivity contribution in [2.24, 2.45) is 5.92 Å². The van der Waals surface area contributed by atoms with Gasteiger partial charge in [0.1, 0.15) is 5.54 Å². The number of nitrogens with zero attached hydrogens (tertiary/aromatic N) is 2. The summed E-state index contributed by atoms with van der Waals surface area (Å²) < 4.78 is 0. The van der Waals surface area contributed by atoms with Crippen molar-refractivity contribution in [3.05, 3.63) is 48.0 Å². The van der Waals surface area contributed by atoms with Gasteiger partial charge in [-0.25, -0.2) is 9.69 Å². The van der Waals surface area contributed by atoms with Crippen LogP contribution >= 0.6 is 0 Å². The molecule has 1 N–H and O–H groups in total. The zero-order valence-corrected chi connectivity index (χ0v) is 16.1. The number of imide groups is 1. The standard InChI is InChI=1S/C22H29N3O2/c1-3-14-24(19-9-8-17-6-4-5-7-18(17)19)15-25-20(26)22(23-21(25)27)12-10-16(2)11-13-22/h3-7,16,19H,1,8-15H2,2H3,(H,23,27)/t16?,19-,22?/m1/s1. The Kier molecular flexibility index (Phi) is 4.81. The van der Waals surface area contributed by atoms with Crippen LogP contribution in [-0.4, -0.2) is 40.5 Å². The number of hydrogen-bond donors (Lipinski definition) is 1. The molecule has 1 saturated heterocycles. The third kappa shape index (κ3) is 3.18. The van der Waals surface area contributed by atoms with Crippen LogP contribution in [0.15, 0.2) is 36.9 Å². The summed E-state index contributed by atoms with van der Waals surface area (Å²) in [5.41, 5.74) is 2.01. The van der Waals surface area contributed by atoms with Crippen LogP contribution in [0.4, 0.5) is 4.79 Å². The predicted molar refractivity (Wildman–Crippen MR) is 105 cm³/mol. The summed E-state index contributed by atoms with van der Waals surface area (Å²) in [5.74, 6) is 0.585. The average molecular weight is 367 g/mol. The summed E-state index contributed by atoms with van der Waals surface area (Å²) in [7, 11) is 0. The first-order valence-electron chi connectivity index (χ1n) is 10.1. The third-order valence-corrected chi connectivity index (χ3v) is 6.60. The number of carbonyl (C=O) groups is 2. The highest BCUT2D eigenvalue weighted by molar-refractivity contribution is 6.07. The lowest BCUT2D eigenvalue weighted by Gasteiger charge is -2.35.